The molecule has 1 saturated heterocycles. The third kappa shape index (κ3) is 4.53. The molecule has 138 valence electrons. The number of pyridine rings is 1. The molecule has 0 aliphatic carbocycles. The van der Waals surface area contributed by atoms with Gasteiger partial charge in [0.25, 0.3) is 0 Å². The van der Waals surface area contributed by atoms with Gasteiger partial charge in [0, 0.05) is 23.8 Å². The first kappa shape index (κ1) is 17.7. The lowest BCUT2D eigenvalue weighted by atomic mass is 10.1. The summed E-state index contributed by atoms with van der Waals surface area (Å²) in [4.78, 5) is 32.4. The van der Waals surface area contributed by atoms with Crippen LogP contribution in [0.25, 0.3) is 22.2 Å². The number of hydrogen-bond acceptors (Lipinski definition) is 7. The Bertz CT molecular complexity index is 894. The topological polar surface area (TPSA) is 83.9 Å². The zero-order valence-corrected chi connectivity index (χ0v) is 15.7. The van der Waals surface area contributed by atoms with Crippen LogP contribution in [0.5, 0.6) is 0 Å². The fourth-order valence-corrected chi connectivity index (χ4v) is 3.68. The predicted molar refractivity (Wildman–Crippen MR) is 105 cm³/mol. The fourth-order valence-electron chi connectivity index (χ4n) is 3.08. The third-order valence-corrected chi connectivity index (χ3v) is 5.15. The van der Waals surface area contributed by atoms with Gasteiger partial charge < -0.3 is 5.32 Å². The van der Waals surface area contributed by atoms with Gasteiger partial charge in [0.1, 0.15) is 22.2 Å². The molecule has 1 aliphatic heterocycles. The normalized spacial score (nSPS) is 14.8. The minimum atomic E-state index is -0.0624. The summed E-state index contributed by atoms with van der Waals surface area (Å²) in [5.41, 5.74) is 1.33. The molecule has 0 saturated carbocycles. The van der Waals surface area contributed by atoms with E-state index < -0.39 is 0 Å². The molecule has 1 amide bonds. The lowest BCUT2D eigenvalue weighted by Gasteiger charge is -2.25. The summed E-state index contributed by atoms with van der Waals surface area (Å²) in [6, 6.07) is 7.34. The van der Waals surface area contributed by atoms with Crippen molar-refractivity contribution in [1.29, 1.82) is 0 Å². The van der Waals surface area contributed by atoms with Crippen molar-refractivity contribution in [2.75, 3.05) is 25.0 Å². The van der Waals surface area contributed by atoms with Crippen molar-refractivity contribution in [3.63, 3.8) is 0 Å². The highest BCUT2D eigenvalue weighted by molar-refractivity contribution is 7.13. The number of nitrogens with zero attached hydrogens (tertiary/aromatic N) is 5. The van der Waals surface area contributed by atoms with Crippen molar-refractivity contribution in [2.45, 2.75) is 19.3 Å². The number of nitrogens with one attached hydrogen (secondary N) is 1. The molecule has 1 N–H and O–H groups in total. The SMILES string of the molecule is O=C(CN1CCCCC1)Nc1cc(-c2nccs2)nc(-c2ccccn2)n1. The Morgan fingerprint density at radius 1 is 1.07 bits per heavy atom. The van der Waals surface area contributed by atoms with Crippen molar-refractivity contribution in [1.82, 2.24) is 24.8 Å². The molecule has 1 fully saturated rings. The van der Waals surface area contributed by atoms with Crippen molar-refractivity contribution < 1.29 is 4.79 Å². The number of rotatable bonds is 5. The monoisotopic (exact) mass is 380 g/mol. The number of thiazole rings is 1. The minimum absolute atomic E-state index is 0.0624. The van der Waals surface area contributed by atoms with Crippen LogP contribution < -0.4 is 5.32 Å². The molecule has 4 rings (SSSR count). The summed E-state index contributed by atoms with van der Waals surface area (Å²) >= 11 is 1.49. The van der Waals surface area contributed by atoms with Gasteiger partial charge in [-0.15, -0.1) is 11.3 Å². The van der Waals surface area contributed by atoms with E-state index in [1.54, 1.807) is 18.5 Å². The Morgan fingerprint density at radius 2 is 1.96 bits per heavy atom. The van der Waals surface area contributed by atoms with Crippen LogP contribution >= 0.6 is 11.3 Å². The number of hydrogen-bond donors (Lipinski definition) is 1. The molecule has 7 nitrogen and oxygen atoms in total. The van der Waals surface area contributed by atoms with Gasteiger partial charge in [0.2, 0.25) is 5.91 Å². The Morgan fingerprint density at radius 3 is 2.70 bits per heavy atom. The second-order valence-electron chi connectivity index (χ2n) is 6.40. The van der Waals surface area contributed by atoms with E-state index in [2.05, 4.69) is 30.2 Å². The summed E-state index contributed by atoms with van der Waals surface area (Å²) in [7, 11) is 0. The number of anilines is 1. The molecule has 4 heterocycles. The molecule has 3 aromatic heterocycles. The first-order chi connectivity index (χ1) is 13.3. The van der Waals surface area contributed by atoms with Crippen LogP contribution in [0.3, 0.4) is 0 Å². The molecule has 27 heavy (non-hydrogen) atoms. The molecule has 0 aromatic carbocycles. The Balaban J connectivity index is 1.59. The molecule has 3 aromatic rings. The highest BCUT2D eigenvalue weighted by Crippen LogP contribution is 2.25. The quantitative estimate of drug-likeness (QED) is 0.732. The van der Waals surface area contributed by atoms with Crippen LogP contribution in [-0.2, 0) is 4.79 Å². The zero-order chi connectivity index (χ0) is 18.5. The molecule has 1 aliphatic rings. The van der Waals surface area contributed by atoms with Crippen molar-refractivity contribution in [3.8, 4) is 22.2 Å². The van der Waals surface area contributed by atoms with Crippen LogP contribution in [0.15, 0.2) is 42.0 Å². The maximum absolute atomic E-state index is 12.5. The van der Waals surface area contributed by atoms with Gasteiger partial charge >= 0.3 is 0 Å². The smallest absolute Gasteiger partial charge is 0.239 e. The fraction of sp³-hybridized carbons (Fsp3) is 0.316. The third-order valence-electron chi connectivity index (χ3n) is 4.35. The van der Waals surface area contributed by atoms with Crippen molar-refractivity contribution >= 4 is 23.1 Å². The van der Waals surface area contributed by atoms with E-state index in [0.717, 1.165) is 30.9 Å². The van der Waals surface area contributed by atoms with Gasteiger partial charge in [-0.05, 0) is 38.1 Å². The van der Waals surface area contributed by atoms with Crippen LogP contribution in [0.4, 0.5) is 5.82 Å². The Kier molecular flexibility index (Phi) is 5.45. The molecule has 0 unspecified atom stereocenters. The van der Waals surface area contributed by atoms with Gasteiger partial charge in [0.15, 0.2) is 5.82 Å². The van der Waals surface area contributed by atoms with Gasteiger partial charge in [0.05, 0.1) is 6.54 Å². The summed E-state index contributed by atoms with van der Waals surface area (Å²) in [6.07, 6.45) is 6.98. The van der Waals surface area contributed by atoms with E-state index in [1.165, 1.54) is 17.8 Å². The number of aromatic nitrogens is 4. The highest BCUT2D eigenvalue weighted by atomic mass is 32.1. The number of likely N-dealkylation sites (tertiary alicyclic amines) is 1. The van der Waals surface area contributed by atoms with E-state index in [4.69, 9.17) is 0 Å². The minimum Gasteiger partial charge on any atom is -0.309 e. The number of piperidine rings is 1. The second-order valence-corrected chi connectivity index (χ2v) is 7.29. The average Bonchev–Trinajstić information content (AvgIpc) is 3.24. The first-order valence-corrected chi connectivity index (χ1v) is 9.88. The van der Waals surface area contributed by atoms with Gasteiger partial charge in [-0.1, -0.05) is 12.5 Å². The van der Waals surface area contributed by atoms with Gasteiger partial charge in [-0.2, -0.15) is 0 Å². The summed E-state index contributed by atoms with van der Waals surface area (Å²) in [6.45, 7) is 2.33. The van der Waals surface area contributed by atoms with Crippen molar-refractivity contribution in [3.05, 3.63) is 42.0 Å². The van der Waals surface area contributed by atoms with Crippen LogP contribution in [0, 0.1) is 0 Å². The van der Waals surface area contributed by atoms with E-state index >= 15 is 0 Å². The highest BCUT2D eigenvalue weighted by Gasteiger charge is 2.16. The number of amides is 1. The Hall–Kier alpha value is -2.71. The van der Waals surface area contributed by atoms with E-state index in [-0.39, 0.29) is 5.91 Å². The second kappa shape index (κ2) is 8.32. The maximum atomic E-state index is 12.5. The van der Waals surface area contributed by atoms with Crippen LogP contribution in [0.2, 0.25) is 0 Å². The van der Waals surface area contributed by atoms with Crippen LogP contribution in [0.1, 0.15) is 19.3 Å². The molecule has 0 atom stereocenters. The Labute approximate surface area is 161 Å². The molecular weight excluding hydrogens is 360 g/mol. The lowest BCUT2D eigenvalue weighted by molar-refractivity contribution is -0.117. The van der Waals surface area contributed by atoms with Gasteiger partial charge in [-0.25, -0.2) is 15.0 Å². The summed E-state index contributed by atoms with van der Waals surface area (Å²) < 4.78 is 0. The molecule has 0 bridgehead atoms. The van der Waals surface area contributed by atoms with Gasteiger partial charge in [-0.3, -0.25) is 14.7 Å². The molecule has 8 heteroatoms. The molecular formula is C19H20N6OS. The molecule has 0 radical (unpaired) electrons. The largest absolute Gasteiger partial charge is 0.309 e. The summed E-state index contributed by atoms with van der Waals surface area (Å²) in [5, 5.41) is 5.59. The van der Waals surface area contributed by atoms with Crippen LogP contribution in [-0.4, -0.2) is 50.4 Å². The molecule has 0 spiro atoms. The average molecular weight is 380 g/mol. The first-order valence-electron chi connectivity index (χ1n) is 9.00. The van der Waals surface area contributed by atoms with E-state index in [0.29, 0.717) is 29.6 Å². The zero-order valence-electron chi connectivity index (χ0n) is 14.8. The predicted octanol–water partition coefficient (Wildman–Crippen LogP) is 3.09. The number of carbonyl (C=O) groups excluding carboxylic acids is 1. The standard InChI is InChI=1S/C19H20N6OS/c26-17(13-25-9-4-1-5-10-25)23-16-12-15(19-21-8-11-27-19)22-18(24-16)14-6-2-3-7-20-14/h2-3,6-8,11-12H,1,4-5,9-10,13H2,(H,22,23,24,26). The van der Waals surface area contributed by atoms with E-state index in [1.807, 2.05) is 23.6 Å². The number of carbonyl (C=O) groups is 1. The summed E-state index contributed by atoms with van der Waals surface area (Å²) in [5.74, 6) is 0.877. The van der Waals surface area contributed by atoms with Crippen molar-refractivity contribution in [2.24, 2.45) is 0 Å². The lowest BCUT2D eigenvalue weighted by Crippen LogP contribution is -2.37. The maximum Gasteiger partial charge on any atom is 0.239 e. The van der Waals surface area contributed by atoms with E-state index in [9.17, 15) is 4.79 Å².